The zero-order valence-corrected chi connectivity index (χ0v) is 10.3. The molecule has 2 aromatic rings. The van der Waals surface area contributed by atoms with Crippen LogP contribution in [0.5, 0.6) is 0 Å². The number of carbonyl (C=O) groups is 1. The average molecular weight is 275 g/mol. The van der Waals surface area contributed by atoms with E-state index in [0.29, 0.717) is 5.56 Å². The molecule has 2 rings (SSSR count). The lowest BCUT2D eigenvalue weighted by atomic mass is 10.2. The monoisotopic (exact) mass is 275 g/mol. The summed E-state index contributed by atoms with van der Waals surface area (Å²) in [4.78, 5) is 21.6. The fourth-order valence-corrected chi connectivity index (χ4v) is 1.53. The van der Waals surface area contributed by atoms with Crippen LogP contribution in [0.3, 0.4) is 0 Å². The normalized spacial score (nSPS) is 10.1. The minimum atomic E-state index is -0.580. The number of halogens is 1. The molecule has 0 amide bonds. The molecule has 2 aromatic carbocycles. The van der Waals surface area contributed by atoms with E-state index in [0.717, 1.165) is 0 Å². The van der Waals surface area contributed by atoms with Crippen LogP contribution in [0.25, 0.3) is 0 Å². The second-order valence-corrected chi connectivity index (χ2v) is 4.01. The molecule has 0 aliphatic rings. The Kier molecular flexibility index (Phi) is 4.05. The Morgan fingerprint density at radius 2 is 1.70 bits per heavy atom. The molecule has 0 aromatic heterocycles. The minimum absolute atomic E-state index is 0.00575. The van der Waals surface area contributed by atoms with Gasteiger partial charge in [-0.05, 0) is 42.0 Å². The van der Waals surface area contributed by atoms with E-state index in [1.54, 1.807) is 0 Å². The van der Waals surface area contributed by atoms with E-state index in [1.807, 2.05) is 0 Å². The Labute approximate surface area is 113 Å². The summed E-state index contributed by atoms with van der Waals surface area (Å²) in [7, 11) is 0. The molecular formula is C14H10FNO4. The molecule has 0 fully saturated rings. The highest BCUT2D eigenvalue weighted by molar-refractivity contribution is 5.89. The van der Waals surface area contributed by atoms with E-state index in [2.05, 4.69) is 0 Å². The van der Waals surface area contributed by atoms with Crippen molar-refractivity contribution in [1.29, 1.82) is 0 Å². The van der Waals surface area contributed by atoms with E-state index in [-0.39, 0.29) is 17.9 Å². The first kappa shape index (κ1) is 13.7. The Hall–Kier alpha value is -2.76. The quantitative estimate of drug-likeness (QED) is 0.488. The molecule has 0 aliphatic heterocycles. The van der Waals surface area contributed by atoms with Crippen molar-refractivity contribution >= 4 is 11.7 Å². The number of nitro benzene ring substituents is 1. The summed E-state index contributed by atoms with van der Waals surface area (Å²) in [6.45, 7) is -0.00575. The molecule has 0 bridgehead atoms. The van der Waals surface area contributed by atoms with E-state index in [1.165, 1.54) is 48.5 Å². The van der Waals surface area contributed by atoms with Gasteiger partial charge in [0.1, 0.15) is 12.4 Å². The summed E-state index contributed by atoms with van der Waals surface area (Å²) < 4.78 is 17.7. The average Bonchev–Trinajstić information content (AvgIpc) is 2.46. The maximum Gasteiger partial charge on any atom is 0.338 e. The van der Waals surface area contributed by atoms with Gasteiger partial charge in [0.05, 0.1) is 10.5 Å². The lowest BCUT2D eigenvalue weighted by Crippen LogP contribution is -2.05. The Balaban J connectivity index is 1.96. The maximum atomic E-state index is 12.7. The molecule has 5 nitrogen and oxygen atoms in total. The summed E-state index contributed by atoms with van der Waals surface area (Å²) in [5.41, 5.74) is 0.845. The Morgan fingerprint density at radius 3 is 2.25 bits per heavy atom. The van der Waals surface area contributed by atoms with Crippen molar-refractivity contribution in [3.8, 4) is 0 Å². The van der Waals surface area contributed by atoms with Crippen LogP contribution >= 0.6 is 0 Å². The van der Waals surface area contributed by atoms with Gasteiger partial charge < -0.3 is 4.74 Å². The van der Waals surface area contributed by atoms with Gasteiger partial charge in [-0.3, -0.25) is 10.1 Å². The van der Waals surface area contributed by atoms with Crippen LogP contribution in [0, 0.1) is 15.9 Å². The zero-order valence-electron chi connectivity index (χ0n) is 10.3. The molecule has 0 radical (unpaired) electrons. The van der Waals surface area contributed by atoms with Gasteiger partial charge in [-0.25, -0.2) is 9.18 Å². The number of carbonyl (C=O) groups excluding carboxylic acids is 1. The van der Waals surface area contributed by atoms with Crippen molar-refractivity contribution in [2.45, 2.75) is 6.61 Å². The van der Waals surface area contributed by atoms with Gasteiger partial charge in [0.2, 0.25) is 0 Å². The molecule has 102 valence electrons. The van der Waals surface area contributed by atoms with Crippen LogP contribution in [-0.2, 0) is 11.3 Å². The highest BCUT2D eigenvalue weighted by Gasteiger charge is 2.08. The Morgan fingerprint density at radius 1 is 1.10 bits per heavy atom. The first-order valence-corrected chi connectivity index (χ1v) is 5.72. The number of ether oxygens (including phenoxy) is 1. The van der Waals surface area contributed by atoms with Crippen LogP contribution in [-0.4, -0.2) is 10.9 Å². The van der Waals surface area contributed by atoms with Crippen molar-refractivity contribution in [2.24, 2.45) is 0 Å². The molecule has 0 heterocycles. The van der Waals surface area contributed by atoms with Gasteiger partial charge in [-0.15, -0.1) is 0 Å². The number of esters is 1. The van der Waals surface area contributed by atoms with Crippen LogP contribution in [0.15, 0.2) is 48.5 Å². The van der Waals surface area contributed by atoms with Crippen molar-refractivity contribution in [3.05, 3.63) is 75.6 Å². The first-order chi connectivity index (χ1) is 9.56. The molecule has 0 unspecified atom stereocenters. The van der Waals surface area contributed by atoms with Crippen LogP contribution in [0.4, 0.5) is 10.1 Å². The summed E-state index contributed by atoms with van der Waals surface area (Å²) in [5.74, 6) is -1.01. The standard InChI is InChI=1S/C14H10FNO4/c15-12-5-3-11(4-6-12)14(17)20-9-10-1-7-13(8-2-10)16(18)19/h1-8H,9H2. The highest BCUT2D eigenvalue weighted by atomic mass is 19.1. The zero-order chi connectivity index (χ0) is 14.5. The third kappa shape index (κ3) is 3.38. The molecule has 0 aliphatic carbocycles. The largest absolute Gasteiger partial charge is 0.457 e. The van der Waals surface area contributed by atoms with E-state index < -0.39 is 16.7 Å². The van der Waals surface area contributed by atoms with Gasteiger partial charge in [0.15, 0.2) is 0 Å². The van der Waals surface area contributed by atoms with Gasteiger partial charge in [0.25, 0.3) is 5.69 Å². The molecule has 0 saturated carbocycles. The van der Waals surface area contributed by atoms with Crippen LogP contribution in [0.2, 0.25) is 0 Å². The molecule has 0 atom stereocenters. The SMILES string of the molecule is O=C(OCc1ccc([N+](=O)[O-])cc1)c1ccc(F)cc1. The van der Waals surface area contributed by atoms with Crippen LogP contribution in [0.1, 0.15) is 15.9 Å². The fraction of sp³-hybridized carbons (Fsp3) is 0.0714. The summed E-state index contributed by atoms with van der Waals surface area (Å²) in [5, 5.41) is 10.5. The topological polar surface area (TPSA) is 69.4 Å². The smallest absolute Gasteiger partial charge is 0.338 e. The van der Waals surface area contributed by atoms with Gasteiger partial charge in [-0.2, -0.15) is 0 Å². The second kappa shape index (κ2) is 5.92. The number of non-ortho nitro benzene ring substituents is 1. The maximum absolute atomic E-state index is 12.7. The fourth-order valence-electron chi connectivity index (χ4n) is 1.53. The summed E-state index contributed by atoms with van der Waals surface area (Å²) in [6, 6.07) is 10.7. The van der Waals surface area contributed by atoms with Crippen molar-refractivity contribution in [3.63, 3.8) is 0 Å². The predicted molar refractivity (Wildman–Crippen MR) is 68.6 cm³/mol. The number of nitro groups is 1. The molecule has 0 N–H and O–H groups in total. The van der Waals surface area contributed by atoms with Crippen molar-refractivity contribution in [2.75, 3.05) is 0 Å². The molecular weight excluding hydrogens is 265 g/mol. The molecule has 20 heavy (non-hydrogen) atoms. The summed E-state index contributed by atoms with van der Waals surface area (Å²) >= 11 is 0. The lowest BCUT2D eigenvalue weighted by Gasteiger charge is -2.04. The second-order valence-electron chi connectivity index (χ2n) is 4.01. The van der Waals surface area contributed by atoms with Crippen LogP contribution < -0.4 is 0 Å². The first-order valence-electron chi connectivity index (χ1n) is 5.72. The van der Waals surface area contributed by atoms with Gasteiger partial charge >= 0.3 is 5.97 Å². The van der Waals surface area contributed by atoms with Gasteiger partial charge in [0, 0.05) is 12.1 Å². The third-order valence-corrected chi connectivity index (χ3v) is 2.60. The summed E-state index contributed by atoms with van der Waals surface area (Å²) in [6.07, 6.45) is 0. The van der Waals surface area contributed by atoms with Crippen molar-refractivity contribution < 1.29 is 18.8 Å². The molecule has 0 spiro atoms. The Bertz CT molecular complexity index is 623. The number of nitrogens with zero attached hydrogens (tertiary/aromatic N) is 1. The highest BCUT2D eigenvalue weighted by Crippen LogP contribution is 2.13. The van der Waals surface area contributed by atoms with E-state index >= 15 is 0 Å². The molecule has 0 saturated heterocycles. The van der Waals surface area contributed by atoms with Crippen molar-refractivity contribution in [1.82, 2.24) is 0 Å². The van der Waals surface area contributed by atoms with E-state index in [9.17, 15) is 19.3 Å². The minimum Gasteiger partial charge on any atom is -0.457 e. The third-order valence-electron chi connectivity index (χ3n) is 2.60. The number of benzene rings is 2. The predicted octanol–water partition coefficient (Wildman–Crippen LogP) is 3.09. The number of hydrogen-bond acceptors (Lipinski definition) is 4. The number of hydrogen-bond donors (Lipinski definition) is 0. The lowest BCUT2D eigenvalue weighted by molar-refractivity contribution is -0.384. The van der Waals surface area contributed by atoms with E-state index in [4.69, 9.17) is 4.74 Å². The van der Waals surface area contributed by atoms with Gasteiger partial charge in [-0.1, -0.05) is 0 Å². The molecule has 6 heteroatoms. The number of rotatable bonds is 4.